The van der Waals surface area contributed by atoms with Crippen LogP contribution in [0.5, 0.6) is 0 Å². The van der Waals surface area contributed by atoms with Crippen LogP contribution in [0.4, 0.5) is 18.9 Å². The molecule has 2 saturated heterocycles. The summed E-state index contributed by atoms with van der Waals surface area (Å²) >= 11 is 0. The third-order valence-electron chi connectivity index (χ3n) is 8.00. The van der Waals surface area contributed by atoms with E-state index in [0.717, 1.165) is 17.7 Å². The first kappa shape index (κ1) is 25.4. The zero-order valence-corrected chi connectivity index (χ0v) is 21.2. The Balaban J connectivity index is 1.30. The van der Waals surface area contributed by atoms with Gasteiger partial charge in [0.2, 0.25) is 5.91 Å². The smallest absolute Gasteiger partial charge is 0.368 e. The monoisotopic (exact) mass is 535 g/mol. The molecule has 0 saturated carbocycles. The van der Waals surface area contributed by atoms with Gasteiger partial charge in [0.25, 0.3) is 5.91 Å². The van der Waals surface area contributed by atoms with E-state index in [2.05, 4.69) is 0 Å². The predicted molar refractivity (Wildman–Crippen MR) is 139 cm³/mol. The summed E-state index contributed by atoms with van der Waals surface area (Å²) in [6.45, 7) is 2.23. The van der Waals surface area contributed by atoms with Crippen molar-refractivity contribution in [3.8, 4) is 0 Å². The Morgan fingerprint density at radius 3 is 2.36 bits per heavy atom. The zero-order valence-electron chi connectivity index (χ0n) is 21.2. The van der Waals surface area contributed by atoms with E-state index in [4.69, 9.17) is 4.74 Å². The molecule has 0 unspecified atom stereocenters. The van der Waals surface area contributed by atoms with Gasteiger partial charge in [-0.2, -0.15) is 13.2 Å². The Kier molecular flexibility index (Phi) is 6.33. The summed E-state index contributed by atoms with van der Waals surface area (Å²) in [7, 11) is 0. The Morgan fingerprint density at radius 2 is 1.62 bits per heavy atom. The molecule has 0 radical (unpaired) electrons. The molecule has 2 amide bonds. The summed E-state index contributed by atoms with van der Waals surface area (Å²) < 4.78 is 46.1. The number of nitrogens with zero attached hydrogens (tertiary/aromatic N) is 3. The molecule has 6 rings (SSSR count). The van der Waals surface area contributed by atoms with Gasteiger partial charge in [-0.05, 0) is 35.4 Å². The molecule has 0 bridgehead atoms. The lowest BCUT2D eigenvalue weighted by Gasteiger charge is -2.48. The summed E-state index contributed by atoms with van der Waals surface area (Å²) in [5, 5.41) is 0. The van der Waals surface area contributed by atoms with E-state index in [0.29, 0.717) is 62.6 Å². The van der Waals surface area contributed by atoms with Crippen LogP contribution in [-0.4, -0.2) is 66.7 Å². The highest BCUT2D eigenvalue weighted by molar-refractivity contribution is 6.02. The highest BCUT2D eigenvalue weighted by atomic mass is 19.4. The molecule has 3 aromatic rings. The molecule has 9 heteroatoms. The molecule has 0 aliphatic carbocycles. The van der Waals surface area contributed by atoms with Crippen LogP contribution in [0.3, 0.4) is 0 Å². The van der Waals surface area contributed by atoms with E-state index >= 15 is 0 Å². The Hall–Kier alpha value is -3.85. The maximum atomic E-state index is 14.3. The van der Waals surface area contributed by atoms with E-state index in [1.165, 1.54) is 6.07 Å². The molecule has 2 fully saturated rings. The molecule has 39 heavy (non-hydrogen) atoms. The fraction of sp³-hybridized carbons (Fsp3) is 0.333. The van der Waals surface area contributed by atoms with Crippen molar-refractivity contribution < 1.29 is 27.5 Å². The number of rotatable bonds is 4. The minimum atomic E-state index is -4.42. The number of fused-ring (bicyclic) bond motifs is 2. The molecule has 6 nitrogen and oxygen atoms in total. The van der Waals surface area contributed by atoms with Crippen molar-refractivity contribution in [1.29, 1.82) is 0 Å². The van der Waals surface area contributed by atoms with Crippen molar-refractivity contribution in [2.45, 2.75) is 24.2 Å². The second-order valence-corrected chi connectivity index (χ2v) is 10.2. The minimum Gasteiger partial charge on any atom is -0.368 e. The largest absolute Gasteiger partial charge is 0.416 e. The number of carbonyl (C=O) groups excluding carboxylic acids is 2. The van der Waals surface area contributed by atoms with Crippen LogP contribution < -0.4 is 4.90 Å². The summed E-state index contributed by atoms with van der Waals surface area (Å²) in [5.41, 5.74) is 0.764. The quantitative estimate of drug-likeness (QED) is 0.492. The van der Waals surface area contributed by atoms with Gasteiger partial charge in [0, 0.05) is 50.4 Å². The Bertz CT molecular complexity index is 1390. The topological polar surface area (TPSA) is 53.1 Å². The van der Waals surface area contributed by atoms with Crippen LogP contribution in [-0.2, 0) is 22.1 Å². The molecule has 0 N–H and O–H groups in total. The third-order valence-corrected chi connectivity index (χ3v) is 8.00. The summed E-state index contributed by atoms with van der Waals surface area (Å²) in [6.07, 6.45) is -4.05. The van der Waals surface area contributed by atoms with Gasteiger partial charge in [-0.1, -0.05) is 54.6 Å². The van der Waals surface area contributed by atoms with Gasteiger partial charge in [-0.25, -0.2) is 0 Å². The molecular formula is C30H28F3N3O3. The first-order chi connectivity index (χ1) is 18.8. The molecule has 3 aliphatic rings. The van der Waals surface area contributed by atoms with Crippen LogP contribution in [0, 0.1) is 0 Å². The number of anilines is 1. The first-order valence-electron chi connectivity index (χ1n) is 13.1. The highest BCUT2D eigenvalue weighted by Gasteiger charge is 2.59. The molecule has 2 atom stereocenters. The zero-order chi connectivity index (χ0) is 27.2. The SMILES string of the molecule is O=C([C@@H]1c2ccccc2C(=O)N2CCO[C@@]12Cc1ccccc1)N1CCN(c2cccc(C(F)(F)F)c2)CC1. The number of ether oxygens (including phenoxy) is 1. The second kappa shape index (κ2) is 9.72. The summed E-state index contributed by atoms with van der Waals surface area (Å²) in [4.78, 5) is 33.2. The lowest BCUT2D eigenvalue weighted by molar-refractivity contribution is -0.150. The second-order valence-electron chi connectivity index (χ2n) is 10.2. The van der Waals surface area contributed by atoms with Gasteiger partial charge < -0.3 is 19.4 Å². The fourth-order valence-corrected chi connectivity index (χ4v) is 6.13. The van der Waals surface area contributed by atoms with Gasteiger partial charge in [0.05, 0.1) is 12.2 Å². The number of hydrogen-bond acceptors (Lipinski definition) is 4. The molecule has 3 heterocycles. The van der Waals surface area contributed by atoms with E-state index in [1.54, 1.807) is 28.0 Å². The molecule has 202 valence electrons. The van der Waals surface area contributed by atoms with E-state index < -0.39 is 23.4 Å². The minimum absolute atomic E-state index is 0.138. The van der Waals surface area contributed by atoms with Crippen molar-refractivity contribution >= 4 is 17.5 Å². The summed E-state index contributed by atoms with van der Waals surface area (Å²) in [6, 6.07) is 22.2. The van der Waals surface area contributed by atoms with Gasteiger partial charge in [-0.3, -0.25) is 9.59 Å². The first-order valence-corrected chi connectivity index (χ1v) is 13.1. The van der Waals surface area contributed by atoms with Gasteiger partial charge >= 0.3 is 6.18 Å². The van der Waals surface area contributed by atoms with Crippen molar-refractivity contribution in [3.63, 3.8) is 0 Å². The van der Waals surface area contributed by atoms with E-state index in [1.807, 2.05) is 47.4 Å². The lowest BCUT2D eigenvalue weighted by Crippen LogP contribution is -2.62. The molecular weight excluding hydrogens is 507 g/mol. The van der Waals surface area contributed by atoms with Crippen molar-refractivity contribution in [3.05, 3.63) is 101 Å². The summed E-state index contributed by atoms with van der Waals surface area (Å²) in [5.74, 6) is -1.01. The third kappa shape index (κ3) is 4.44. The highest BCUT2D eigenvalue weighted by Crippen LogP contribution is 2.47. The van der Waals surface area contributed by atoms with Crippen molar-refractivity contribution in [2.75, 3.05) is 44.2 Å². The number of alkyl halides is 3. The van der Waals surface area contributed by atoms with Gasteiger partial charge in [0.15, 0.2) is 5.72 Å². The number of hydrogen-bond donors (Lipinski definition) is 0. The average molecular weight is 536 g/mol. The van der Waals surface area contributed by atoms with Gasteiger partial charge in [-0.15, -0.1) is 0 Å². The lowest BCUT2D eigenvalue weighted by atomic mass is 9.76. The number of amides is 2. The molecule has 0 spiro atoms. The standard InChI is InChI=1S/C30H28F3N3O3/c31-30(32,33)22-9-6-10-23(19-22)34-13-15-35(16-14-34)28(38)26-24-11-4-5-12-25(24)27(37)36-17-18-39-29(26,36)20-21-7-2-1-3-8-21/h1-12,19,26H,13-18,20H2/t26-,29-/m0/s1. The molecule has 3 aliphatic heterocycles. The normalized spacial score (nSPS) is 23.0. The van der Waals surface area contributed by atoms with Crippen LogP contribution in [0.15, 0.2) is 78.9 Å². The van der Waals surface area contributed by atoms with Crippen molar-refractivity contribution in [2.24, 2.45) is 0 Å². The Labute approximate surface area is 224 Å². The van der Waals surface area contributed by atoms with Crippen LogP contribution in [0.2, 0.25) is 0 Å². The van der Waals surface area contributed by atoms with Crippen LogP contribution >= 0.6 is 0 Å². The van der Waals surface area contributed by atoms with Crippen LogP contribution in [0.1, 0.15) is 33.0 Å². The Morgan fingerprint density at radius 1 is 0.897 bits per heavy atom. The van der Waals surface area contributed by atoms with Crippen LogP contribution in [0.25, 0.3) is 0 Å². The van der Waals surface area contributed by atoms with Crippen molar-refractivity contribution in [1.82, 2.24) is 9.80 Å². The number of halogens is 3. The molecule has 0 aromatic heterocycles. The maximum absolute atomic E-state index is 14.3. The maximum Gasteiger partial charge on any atom is 0.416 e. The molecule has 3 aromatic carbocycles. The fourth-order valence-electron chi connectivity index (χ4n) is 6.13. The number of carbonyl (C=O) groups is 2. The van der Waals surface area contributed by atoms with Gasteiger partial charge in [0.1, 0.15) is 5.92 Å². The van der Waals surface area contributed by atoms with E-state index in [9.17, 15) is 22.8 Å². The number of piperazine rings is 1. The van der Waals surface area contributed by atoms with E-state index in [-0.39, 0.29) is 11.8 Å². The average Bonchev–Trinajstić information content (AvgIpc) is 3.37. The number of benzene rings is 3. The predicted octanol–water partition coefficient (Wildman–Crippen LogP) is 4.56.